The fourth-order valence-electron chi connectivity index (χ4n) is 4.67. The highest BCUT2D eigenvalue weighted by Crippen LogP contribution is 2.41. The maximum absolute atomic E-state index is 2.51. The van der Waals surface area contributed by atoms with Crippen molar-refractivity contribution in [3.63, 3.8) is 0 Å². The van der Waals surface area contributed by atoms with Crippen molar-refractivity contribution in [1.82, 2.24) is 0 Å². The largest absolute Gasteiger partial charge is 0.145 e. The van der Waals surface area contributed by atoms with Crippen molar-refractivity contribution < 1.29 is 0 Å². The Labute approximate surface area is 174 Å². The van der Waals surface area contributed by atoms with Gasteiger partial charge in [-0.25, -0.2) is 0 Å². The zero-order valence-corrected chi connectivity index (χ0v) is 20.0. The second kappa shape index (κ2) is 10.5. The van der Waals surface area contributed by atoms with Gasteiger partial charge in [0.2, 0.25) is 0 Å². The highest BCUT2D eigenvalue weighted by atomic mass is 32.1. The Balaban J connectivity index is 1.96. The lowest BCUT2D eigenvalue weighted by Gasteiger charge is -2.34. The minimum atomic E-state index is 0.343. The maximum atomic E-state index is 2.51. The summed E-state index contributed by atoms with van der Waals surface area (Å²) in [4.78, 5) is 3.27. The summed E-state index contributed by atoms with van der Waals surface area (Å²) < 4.78 is 0. The van der Waals surface area contributed by atoms with Crippen molar-refractivity contribution in [3.05, 3.63) is 21.9 Å². The van der Waals surface area contributed by atoms with E-state index in [1.54, 1.807) is 9.75 Å². The molecule has 1 aromatic heterocycles. The third-order valence-corrected chi connectivity index (χ3v) is 9.42. The van der Waals surface area contributed by atoms with E-state index in [9.17, 15) is 0 Å². The van der Waals surface area contributed by atoms with Gasteiger partial charge in [0.25, 0.3) is 0 Å². The van der Waals surface area contributed by atoms with Crippen LogP contribution in [0.5, 0.6) is 0 Å². The first-order chi connectivity index (χ1) is 12.8. The Hall–Kier alpha value is -0.300. The van der Waals surface area contributed by atoms with Gasteiger partial charge in [-0.2, -0.15) is 0 Å². The fraction of sp³-hybridized carbons (Fsp3) is 0.846. The molecule has 0 unspecified atom stereocenters. The van der Waals surface area contributed by atoms with E-state index in [2.05, 4.69) is 65.0 Å². The van der Waals surface area contributed by atoms with Crippen LogP contribution in [0.4, 0.5) is 0 Å². The Kier molecular flexibility index (Phi) is 8.91. The van der Waals surface area contributed by atoms with Crippen LogP contribution in [0.15, 0.2) is 12.1 Å². The first-order valence-corrected chi connectivity index (χ1v) is 12.7. The van der Waals surface area contributed by atoms with E-state index in [0.29, 0.717) is 10.8 Å². The van der Waals surface area contributed by atoms with E-state index in [4.69, 9.17) is 0 Å². The molecule has 0 saturated heterocycles. The van der Waals surface area contributed by atoms with E-state index in [-0.39, 0.29) is 0 Å². The quantitative estimate of drug-likeness (QED) is 0.469. The van der Waals surface area contributed by atoms with E-state index < -0.39 is 0 Å². The summed E-state index contributed by atoms with van der Waals surface area (Å²) in [5, 5.41) is 0. The molecule has 0 radical (unpaired) electrons. The second-order valence-corrected chi connectivity index (χ2v) is 11.6. The van der Waals surface area contributed by atoms with E-state index in [0.717, 1.165) is 11.8 Å². The number of hydrogen-bond donors (Lipinski definition) is 0. The molecule has 1 aliphatic rings. The predicted octanol–water partition coefficient (Wildman–Crippen LogP) is 9.49. The van der Waals surface area contributed by atoms with Crippen LogP contribution >= 0.6 is 11.3 Å². The first-order valence-electron chi connectivity index (χ1n) is 11.9. The molecule has 1 heteroatoms. The fourth-order valence-corrected chi connectivity index (χ4v) is 6.02. The van der Waals surface area contributed by atoms with Gasteiger partial charge in [-0.3, -0.25) is 0 Å². The van der Waals surface area contributed by atoms with Crippen LogP contribution in [0.2, 0.25) is 0 Å². The Morgan fingerprint density at radius 3 is 1.85 bits per heavy atom. The Morgan fingerprint density at radius 2 is 1.33 bits per heavy atom. The van der Waals surface area contributed by atoms with Crippen LogP contribution in [-0.4, -0.2) is 0 Å². The van der Waals surface area contributed by atoms with Crippen LogP contribution in [-0.2, 0) is 5.41 Å². The summed E-state index contributed by atoms with van der Waals surface area (Å²) >= 11 is 2.12. The number of hydrogen-bond acceptors (Lipinski definition) is 1. The van der Waals surface area contributed by atoms with Crippen LogP contribution in [0.25, 0.3) is 0 Å². The molecule has 0 aromatic carbocycles. The van der Waals surface area contributed by atoms with Crippen molar-refractivity contribution in [3.8, 4) is 0 Å². The van der Waals surface area contributed by atoms with Crippen LogP contribution < -0.4 is 0 Å². The maximum Gasteiger partial charge on any atom is 0.0104 e. The average molecular weight is 391 g/mol. The summed E-state index contributed by atoms with van der Waals surface area (Å²) in [5.74, 6) is 1.76. The van der Waals surface area contributed by atoms with Gasteiger partial charge >= 0.3 is 0 Å². The van der Waals surface area contributed by atoms with Crippen molar-refractivity contribution in [2.24, 2.45) is 11.3 Å². The van der Waals surface area contributed by atoms with E-state index in [1.807, 2.05) is 0 Å². The minimum absolute atomic E-state index is 0.343. The van der Waals surface area contributed by atoms with Gasteiger partial charge in [-0.05, 0) is 66.9 Å². The third kappa shape index (κ3) is 6.62. The molecule has 27 heavy (non-hydrogen) atoms. The normalized spacial score (nSPS) is 24.2. The van der Waals surface area contributed by atoms with Gasteiger partial charge in [0, 0.05) is 9.75 Å². The predicted molar refractivity (Wildman–Crippen MR) is 124 cm³/mol. The van der Waals surface area contributed by atoms with E-state index >= 15 is 0 Å². The van der Waals surface area contributed by atoms with Crippen LogP contribution in [0.3, 0.4) is 0 Å². The Bertz CT molecular complexity index is 522. The molecule has 2 rings (SSSR count). The monoisotopic (exact) mass is 390 g/mol. The molecule has 1 saturated carbocycles. The summed E-state index contributed by atoms with van der Waals surface area (Å²) in [6.45, 7) is 14.5. The van der Waals surface area contributed by atoms with Crippen molar-refractivity contribution >= 4 is 11.3 Å². The van der Waals surface area contributed by atoms with Crippen LogP contribution in [0, 0.1) is 11.3 Å². The summed E-state index contributed by atoms with van der Waals surface area (Å²) in [6.07, 6.45) is 16.9. The highest BCUT2D eigenvalue weighted by Gasteiger charge is 2.27. The molecule has 0 bridgehead atoms. The molecule has 1 fully saturated rings. The summed E-state index contributed by atoms with van der Waals surface area (Å²) in [7, 11) is 0. The van der Waals surface area contributed by atoms with Gasteiger partial charge in [0.05, 0.1) is 0 Å². The molecule has 156 valence electrons. The van der Waals surface area contributed by atoms with Gasteiger partial charge in [0.1, 0.15) is 0 Å². The van der Waals surface area contributed by atoms with Crippen molar-refractivity contribution in [1.29, 1.82) is 0 Å². The lowest BCUT2D eigenvalue weighted by Crippen LogP contribution is -2.23. The average Bonchev–Trinajstić information content (AvgIpc) is 3.13. The lowest BCUT2D eigenvalue weighted by molar-refractivity contribution is 0.169. The number of thiophene rings is 1. The zero-order valence-electron chi connectivity index (χ0n) is 19.2. The van der Waals surface area contributed by atoms with Crippen molar-refractivity contribution in [2.45, 2.75) is 130 Å². The molecule has 0 nitrogen and oxygen atoms in total. The molecule has 0 aliphatic heterocycles. The molecular formula is C26H46S. The molecule has 0 atom stereocenters. The molecule has 0 amide bonds. The summed E-state index contributed by atoms with van der Waals surface area (Å²) in [6, 6.07) is 4.89. The molecular weight excluding hydrogens is 344 g/mol. The van der Waals surface area contributed by atoms with Gasteiger partial charge in [0.15, 0.2) is 0 Å². The molecule has 1 heterocycles. The van der Waals surface area contributed by atoms with Crippen LogP contribution in [0.1, 0.15) is 134 Å². The minimum Gasteiger partial charge on any atom is -0.145 e. The van der Waals surface area contributed by atoms with Gasteiger partial charge in [-0.15, -0.1) is 11.3 Å². The van der Waals surface area contributed by atoms with Gasteiger partial charge in [-0.1, -0.05) is 86.5 Å². The second-order valence-electron chi connectivity index (χ2n) is 10.5. The molecule has 0 spiro atoms. The smallest absolute Gasteiger partial charge is 0.0104 e. The molecule has 0 N–H and O–H groups in total. The summed E-state index contributed by atoms with van der Waals surface area (Å²) in [5.41, 5.74) is 0.876. The first kappa shape index (κ1) is 23.0. The molecule has 1 aliphatic carbocycles. The lowest BCUT2D eigenvalue weighted by atomic mass is 9.71. The van der Waals surface area contributed by atoms with E-state index in [1.165, 1.54) is 77.0 Å². The topological polar surface area (TPSA) is 0 Å². The SMILES string of the molecule is CCC(C)(C)c1ccc(C2CCCCCC(C(C)(C)CC)CCCCC2)s1. The highest BCUT2D eigenvalue weighted by molar-refractivity contribution is 7.12. The third-order valence-electron chi connectivity index (χ3n) is 7.81. The molecule has 1 aromatic rings. The Morgan fingerprint density at radius 1 is 0.778 bits per heavy atom. The zero-order chi connectivity index (χ0) is 19.9. The van der Waals surface area contributed by atoms with Gasteiger partial charge < -0.3 is 0 Å². The van der Waals surface area contributed by atoms with Crippen molar-refractivity contribution in [2.75, 3.05) is 0 Å². The standard InChI is InChI=1S/C26H46S/c1-7-25(3,4)22-17-13-9-11-15-21(16-12-10-14-18-22)23-19-20-24(27-23)26(5,6)8-2/h19-22H,7-18H2,1-6H3. The number of rotatable bonds is 5.